The number of rotatable bonds is 2. The molecule has 2 heterocycles. The van der Waals surface area contributed by atoms with E-state index in [0.717, 1.165) is 0 Å². The molecule has 2 aliphatic rings. The van der Waals surface area contributed by atoms with Crippen molar-refractivity contribution in [1.29, 1.82) is 0 Å². The Balaban J connectivity index is 1.85. The van der Waals surface area contributed by atoms with Crippen molar-refractivity contribution in [2.45, 2.75) is 6.04 Å². The van der Waals surface area contributed by atoms with Crippen molar-refractivity contribution in [1.82, 2.24) is 10.2 Å². The largest absolute Gasteiger partial charge is 0.480 e. The van der Waals surface area contributed by atoms with Gasteiger partial charge in [-0.2, -0.15) is 0 Å². The Kier molecular flexibility index (Phi) is 3.19. The maximum Gasteiger partial charge on any atom is 0.327 e. The van der Waals surface area contributed by atoms with Gasteiger partial charge < -0.3 is 24.8 Å². The van der Waals surface area contributed by atoms with Crippen LogP contribution < -0.4 is 14.8 Å². The maximum atomic E-state index is 12.5. The van der Waals surface area contributed by atoms with Crippen LogP contribution in [0.3, 0.4) is 0 Å². The van der Waals surface area contributed by atoms with Crippen LogP contribution >= 0.6 is 0 Å². The summed E-state index contributed by atoms with van der Waals surface area (Å²) < 4.78 is 10.4. The van der Waals surface area contributed by atoms with Crippen molar-refractivity contribution in [3.8, 4) is 11.5 Å². The normalized spacial score (nSPS) is 20.8. The van der Waals surface area contributed by atoms with E-state index >= 15 is 0 Å². The smallest absolute Gasteiger partial charge is 0.327 e. The number of ether oxygens (including phenoxy) is 2. The number of hydrogen-bond donors (Lipinski definition) is 2. The first-order chi connectivity index (χ1) is 9.66. The van der Waals surface area contributed by atoms with E-state index in [2.05, 4.69) is 5.32 Å². The van der Waals surface area contributed by atoms with E-state index < -0.39 is 12.0 Å². The summed E-state index contributed by atoms with van der Waals surface area (Å²) in [5.74, 6) is -0.210. The first-order valence-electron chi connectivity index (χ1n) is 6.31. The second kappa shape index (κ2) is 5.01. The van der Waals surface area contributed by atoms with E-state index in [1.54, 1.807) is 18.2 Å². The van der Waals surface area contributed by atoms with Crippen molar-refractivity contribution in [2.75, 3.05) is 26.4 Å². The molecule has 1 atom stereocenters. The molecule has 0 bridgehead atoms. The standard InChI is InChI=1S/C13H14N2O5/c16-12(15-4-3-14-6-9(15)13(17)18)8-1-2-10-11(5-8)20-7-19-10/h1-2,5,9,14H,3-4,6-7H2,(H,17,18). The fraction of sp³-hybridized carbons (Fsp3) is 0.385. The number of nitrogens with zero attached hydrogens (tertiary/aromatic N) is 1. The molecule has 0 saturated carbocycles. The minimum absolute atomic E-state index is 0.137. The zero-order valence-electron chi connectivity index (χ0n) is 10.7. The van der Waals surface area contributed by atoms with Crippen LogP contribution in [0.15, 0.2) is 18.2 Å². The van der Waals surface area contributed by atoms with Crippen LogP contribution in [0.4, 0.5) is 0 Å². The highest BCUT2D eigenvalue weighted by atomic mass is 16.7. The molecule has 1 saturated heterocycles. The van der Waals surface area contributed by atoms with Gasteiger partial charge in [0.1, 0.15) is 6.04 Å². The van der Waals surface area contributed by atoms with Gasteiger partial charge in [-0.15, -0.1) is 0 Å². The molecule has 2 N–H and O–H groups in total. The summed E-state index contributed by atoms with van der Waals surface area (Å²) in [7, 11) is 0. The van der Waals surface area contributed by atoms with Gasteiger partial charge in [-0.05, 0) is 18.2 Å². The highest BCUT2D eigenvalue weighted by Crippen LogP contribution is 2.33. The van der Waals surface area contributed by atoms with E-state index in [4.69, 9.17) is 9.47 Å². The van der Waals surface area contributed by atoms with Gasteiger partial charge in [0.2, 0.25) is 6.79 Å². The van der Waals surface area contributed by atoms with E-state index in [-0.39, 0.29) is 19.2 Å². The Morgan fingerprint density at radius 1 is 1.30 bits per heavy atom. The SMILES string of the molecule is O=C(O)C1CNCCN1C(=O)c1ccc2c(c1)OCO2. The predicted octanol–water partition coefficient (Wildman–Crippen LogP) is -0.0861. The zero-order chi connectivity index (χ0) is 14.1. The number of carboxylic acids is 1. The average molecular weight is 278 g/mol. The molecule has 3 rings (SSSR count). The molecule has 0 aromatic heterocycles. The predicted molar refractivity (Wildman–Crippen MR) is 67.9 cm³/mol. The molecule has 0 spiro atoms. The number of carbonyl (C=O) groups is 2. The van der Waals surface area contributed by atoms with Crippen molar-refractivity contribution in [3.05, 3.63) is 23.8 Å². The summed E-state index contributed by atoms with van der Waals surface area (Å²) in [5.41, 5.74) is 0.405. The summed E-state index contributed by atoms with van der Waals surface area (Å²) in [4.78, 5) is 25.0. The van der Waals surface area contributed by atoms with Gasteiger partial charge in [0.05, 0.1) is 0 Å². The molecule has 0 aliphatic carbocycles. The third-order valence-electron chi connectivity index (χ3n) is 3.41. The number of benzene rings is 1. The van der Waals surface area contributed by atoms with Crippen molar-refractivity contribution < 1.29 is 24.2 Å². The van der Waals surface area contributed by atoms with Crippen molar-refractivity contribution in [2.24, 2.45) is 0 Å². The first kappa shape index (κ1) is 12.7. The Morgan fingerprint density at radius 3 is 2.90 bits per heavy atom. The third-order valence-corrected chi connectivity index (χ3v) is 3.41. The quantitative estimate of drug-likeness (QED) is 0.786. The van der Waals surface area contributed by atoms with Crippen LogP contribution in [-0.2, 0) is 4.79 Å². The second-order valence-corrected chi connectivity index (χ2v) is 4.62. The number of carbonyl (C=O) groups excluding carboxylic acids is 1. The Hall–Kier alpha value is -2.28. The van der Waals surface area contributed by atoms with Crippen molar-refractivity contribution in [3.63, 3.8) is 0 Å². The molecule has 1 amide bonds. The molecule has 0 radical (unpaired) electrons. The fourth-order valence-corrected chi connectivity index (χ4v) is 2.36. The van der Waals surface area contributed by atoms with Gasteiger partial charge in [0, 0.05) is 25.2 Å². The summed E-state index contributed by atoms with van der Waals surface area (Å²) in [6, 6.07) is 4.03. The van der Waals surface area contributed by atoms with Gasteiger partial charge in [-0.1, -0.05) is 0 Å². The van der Waals surface area contributed by atoms with Crippen LogP contribution in [0.25, 0.3) is 0 Å². The topological polar surface area (TPSA) is 88.1 Å². The monoisotopic (exact) mass is 278 g/mol. The lowest BCUT2D eigenvalue weighted by Gasteiger charge is -2.33. The number of fused-ring (bicyclic) bond motifs is 1. The van der Waals surface area contributed by atoms with Gasteiger partial charge in [0.25, 0.3) is 5.91 Å². The number of piperazine rings is 1. The Morgan fingerprint density at radius 2 is 2.10 bits per heavy atom. The maximum absolute atomic E-state index is 12.5. The molecule has 7 heteroatoms. The van der Waals surface area contributed by atoms with E-state index in [9.17, 15) is 14.7 Å². The van der Waals surface area contributed by atoms with Crippen LogP contribution in [0.5, 0.6) is 11.5 Å². The summed E-state index contributed by atoms with van der Waals surface area (Å²) in [6.45, 7) is 1.34. The number of aliphatic carboxylic acids is 1. The van der Waals surface area contributed by atoms with Crippen molar-refractivity contribution >= 4 is 11.9 Å². The summed E-state index contributed by atoms with van der Waals surface area (Å²) in [5, 5.41) is 12.2. The Labute approximate surface area is 115 Å². The van der Waals surface area contributed by atoms with Gasteiger partial charge in [-0.25, -0.2) is 4.79 Å². The van der Waals surface area contributed by atoms with E-state index in [0.29, 0.717) is 30.2 Å². The molecule has 7 nitrogen and oxygen atoms in total. The molecule has 1 unspecified atom stereocenters. The molecular formula is C13H14N2O5. The molecule has 106 valence electrons. The molecule has 1 aromatic carbocycles. The molecule has 1 fully saturated rings. The van der Waals surface area contributed by atoms with Crippen LogP contribution in [0.2, 0.25) is 0 Å². The number of nitrogens with one attached hydrogen (secondary N) is 1. The van der Waals surface area contributed by atoms with Gasteiger partial charge >= 0.3 is 5.97 Å². The van der Waals surface area contributed by atoms with Gasteiger partial charge in [-0.3, -0.25) is 4.79 Å². The molecule has 1 aromatic rings. The van der Waals surface area contributed by atoms with E-state index in [1.165, 1.54) is 4.90 Å². The highest BCUT2D eigenvalue weighted by molar-refractivity contribution is 5.97. The lowest BCUT2D eigenvalue weighted by Crippen LogP contribution is -2.56. The summed E-state index contributed by atoms with van der Waals surface area (Å²) in [6.07, 6.45) is 0. The molecule has 20 heavy (non-hydrogen) atoms. The molecule has 2 aliphatic heterocycles. The highest BCUT2D eigenvalue weighted by Gasteiger charge is 2.32. The zero-order valence-corrected chi connectivity index (χ0v) is 10.7. The fourth-order valence-electron chi connectivity index (χ4n) is 2.36. The van der Waals surface area contributed by atoms with E-state index in [1.807, 2.05) is 0 Å². The van der Waals surface area contributed by atoms with Gasteiger partial charge in [0.15, 0.2) is 11.5 Å². The van der Waals surface area contributed by atoms with Crippen LogP contribution in [0.1, 0.15) is 10.4 Å². The minimum Gasteiger partial charge on any atom is -0.480 e. The molecular weight excluding hydrogens is 264 g/mol. The second-order valence-electron chi connectivity index (χ2n) is 4.62. The minimum atomic E-state index is -1.01. The number of carboxylic acid groups (broad SMARTS) is 1. The van der Waals surface area contributed by atoms with Crippen LogP contribution in [-0.4, -0.2) is 54.4 Å². The average Bonchev–Trinajstić information content (AvgIpc) is 2.93. The summed E-state index contributed by atoms with van der Waals surface area (Å²) >= 11 is 0. The lowest BCUT2D eigenvalue weighted by molar-refractivity contribution is -0.142. The lowest BCUT2D eigenvalue weighted by atomic mass is 10.1. The Bertz CT molecular complexity index is 560. The number of amides is 1. The number of hydrogen-bond acceptors (Lipinski definition) is 5. The third kappa shape index (κ3) is 2.16. The first-order valence-corrected chi connectivity index (χ1v) is 6.31. The van der Waals surface area contributed by atoms with Crippen LogP contribution in [0, 0.1) is 0 Å².